The summed E-state index contributed by atoms with van der Waals surface area (Å²) in [6.45, 7) is 2.31. The van der Waals surface area contributed by atoms with Crippen LogP contribution in [0.3, 0.4) is 0 Å². The van der Waals surface area contributed by atoms with Crippen LogP contribution in [0.2, 0.25) is 0 Å². The van der Waals surface area contributed by atoms with Gasteiger partial charge in [0.2, 0.25) is 5.91 Å². The molecule has 6 heteroatoms. The monoisotopic (exact) mass is 421 g/mol. The van der Waals surface area contributed by atoms with Crippen molar-refractivity contribution in [2.45, 2.75) is 45.1 Å². The zero-order valence-corrected chi connectivity index (χ0v) is 18.2. The molecule has 0 radical (unpaired) electrons. The average molecular weight is 422 g/mol. The summed E-state index contributed by atoms with van der Waals surface area (Å²) in [6.07, 6.45) is 6.52. The van der Waals surface area contributed by atoms with Gasteiger partial charge in [-0.05, 0) is 68.0 Å². The van der Waals surface area contributed by atoms with Gasteiger partial charge in [-0.1, -0.05) is 18.6 Å². The van der Waals surface area contributed by atoms with Gasteiger partial charge in [0, 0.05) is 31.2 Å². The smallest absolute Gasteiger partial charge is 0.253 e. The summed E-state index contributed by atoms with van der Waals surface area (Å²) < 4.78 is 5.19. The lowest BCUT2D eigenvalue weighted by atomic mass is 9.85. The molecule has 164 valence electrons. The number of nitrogens with zero attached hydrogens (tertiary/aromatic N) is 1. The third kappa shape index (κ3) is 5.19. The molecule has 2 fully saturated rings. The van der Waals surface area contributed by atoms with Crippen LogP contribution in [0.4, 0.5) is 11.4 Å². The van der Waals surface area contributed by atoms with E-state index in [4.69, 9.17) is 4.74 Å². The maximum absolute atomic E-state index is 13.1. The van der Waals surface area contributed by atoms with Gasteiger partial charge in [-0.2, -0.15) is 0 Å². The van der Waals surface area contributed by atoms with Gasteiger partial charge in [-0.3, -0.25) is 9.59 Å². The van der Waals surface area contributed by atoms with Gasteiger partial charge in [0.05, 0.1) is 18.4 Å². The molecule has 31 heavy (non-hydrogen) atoms. The van der Waals surface area contributed by atoms with Crippen molar-refractivity contribution in [3.63, 3.8) is 0 Å². The summed E-state index contributed by atoms with van der Waals surface area (Å²) in [6, 6.07) is 13.3. The van der Waals surface area contributed by atoms with Crippen molar-refractivity contribution in [2.75, 3.05) is 30.4 Å². The van der Waals surface area contributed by atoms with E-state index in [1.54, 1.807) is 7.11 Å². The standard InChI is InChI=1S/C25H31N3O3/c1-31-21-11-8-18(9-12-21)17-26-25(30)22-13-10-20(27-24(29)19-6-5-7-19)16-23(22)28-14-3-2-4-15-28/h8-13,16,19H,2-7,14-15,17H2,1H3,(H,26,30)(H,27,29). The molecule has 1 aliphatic carbocycles. The van der Waals surface area contributed by atoms with E-state index in [1.807, 2.05) is 42.5 Å². The first-order valence-corrected chi connectivity index (χ1v) is 11.2. The van der Waals surface area contributed by atoms with Crippen molar-refractivity contribution < 1.29 is 14.3 Å². The van der Waals surface area contributed by atoms with Gasteiger partial charge >= 0.3 is 0 Å². The summed E-state index contributed by atoms with van der Waals surface area (Å²) in [7, 11) is 1.64. The van der Waals surface area contributed by atoms with Gasteiger partial charge in [0.25, 0.3) is 5.91 Å². The summed E-state index contributed by atoms with van der Waals surface area (Å²) in [5.74, 6) is 0.911. The fraction of sp³-hybridized carbons (Fsp3) is 0.440. The van der Waals surface area contributed by atoms with E-state index in [0.717, 1.165) is 67.9 Å². The Labute approximate surface area is 184 Å². The van der Waals surface area contributed by atoms with Gasteiger partial charge < -0.3 is 20.3 Å². The molecule has 4 rings (SSSR count). The molecule has 1 aliphatic heterocycles. The lowest BCUT2D eigenvalue weighted by molar-refractivity contribution is -0.122. The maximum atomic E-state index is 13.1. The first-order chi connectivity index (χ1) is 15.1. The van der Waals surface area contributed by atoms with Crippen LogP contribution < -0.4 is 20.3 Å². The molecule has 0 spiro atoms. The van der Waals surface area contributed by atoms with Crippen molar-refractivity contribution in [3.05, 3.63) is 53.6 Å². The van der Waals surface area contributed by atoms with Crippen molar-refractivity contribution in [2.24, 2.45) is 5.92 Å². The van der Waals surface area contributed by atoms with E-state index in [0.29, 0.717) is 12.1 Å². The minimum absolute atomic E-state index is 0.0903. The van der Waals surface area contributed by atoms with E-state index in [2.05, 4.69) is 15.5 Å². The Balaban J connectivity index is 1.49. The highest BCUT2D eigenvalue weighted by atomic mass is 16.5. The fourth-order valence-corrected chi connectivity index (χ4v) is 4.13. The second-order valence-electron chi connectivity index (χ2n) is 8.43. The van der Waals surface area contributed by atoms with Crippen molar-refractivity contribution >= 4 is 23.2 Å². The Morgan fingerprint density at radius 2 is 1.74 bits per heavy atom. The van der Waals surface area contributed by atoms with Crippen molar-refractivity contribution in [1.82, 2.24) is 5.32 Å². The number of hydrogen-bond acceptors (Lipinski definition) is 4. The molecule has 1 heterocycles. The van der Waals surface area contributed by atoms with Crippen molar-refractivity contribution in [3.8, 4) is 5.75 Å². The highest BCUT2D eigenvalue weighted by Gasteiger charge is 2.26. The Hall–Kier alpha value is -3.02. The molecule has 1 saturated heterocycles. The van der Waals surface area contributed by atoms with Crippen LogP contribution >= 0.6 is 0 Å². The van der Waals surface area contributed by atoms with Crippen LogP contribution in [-0.4, -0.2) is 32.0 Å². The number of piperidine rings is 1. The topological polar surface area (TPSA) is 70.7 Å². The van der Waals surface area contributed by atoms with E-state index in [9.17, 15) is 9.59 Å². The molecule has 0 atom stereocenters. The number of hydrogen-bond donors (Lipinski definition) is 2. The molecule has 6 nitrogen and oxygen atoms in total. The lowest BCUT2D eigenvalue weighted by Gasteiger charge is -2.31. The van der Waals surface area contributed by atoms with Crippen LogP contribution in [0.1, 0.15) is 54.4 Å². The quantitative estimate of drug-likeness (QED) is 0.697. The van der Waals surface area contributed by atoms with E-state index < -0.39 is 0 Å². The Morgan fingerprint density at radius 3 is 2.39 bits per heavy atom. The number of carbonyl (C=O) groups is 2. The zero-order valence-electron chi connectivity index (χ0n) is 18.2. The minimum Gasteiger partial charge on any atom is -0.497 e. The SMILES string of the molecule is COc1ccc(CNC(=O)c2ccc(NC(=O)C3CCC3)cc2N2CCCCC2)cc1. The average Bonchev–Trinajstić information content (AvgIpc) is 2.77. The largest absolute Gasteiger partial charge is 0.497 e. The fourth-order valence-electron chi connectivity index (χ4n) is 4.13. The van der Waals surface area contributed by atoms with Crippen LogP contribution in [0, 0.1) is 5.92 Å². The highest BCUT2D eigenvalue weighted by Crippen LogP contribution is 2.31. The number of methoxy groups -OCH3 is 1. The number of rotatable bonds is 7. The van der Waals surface area contributed by atoms with E-state index in [-0.39, 0.29) is 17.7 Å². The Bertz CT molecular complexity index is 916. The number of carbonyl (C=O) groups excluding carboxylic acids is 2. The molecule has 1 saturated carbocycles. The second kappa shape index (κ2) is 9.86. The first kappa shape index (κ1) is 21.2. The molecule has 0 aromatic heterocycles. The van der Waals surface area contributed by atoms with Gasteiger partial charge in [0.15, 0.2) is 0 Å². The molecule has 2 N–H and O–H groups in total. The summed E-state index contributed by atoms with van der Waals surface area (Å²) in [5.41, 5.74) is 3.33. The third-order valence-electron chi connectivity index (χ3n) is 6.29. The van der Waals surface area contributed by atoms with Crippen LogP contribution in [0.5, 0.6) is 5.75 Å². The molecule has 2 aromatic rings. The molecule has 2 aliphatic rings. The summed E-state index contributed by atoms with van der Waals surface area (Å²) in [4.78, 5) is 27.7. The highest BCUT2D eigenvalue weighted by molar-refractivity contribution is 6.01. The zero-order chi connectivity index (χ0) is 21.6. The summed E-state index contributed by atoms with van der Waals surface area (Å²) in [5, 5.41) is 6.08. The number of ether oxygens (including phenoxy) is 1. The lowest BCUT2D eigenvalue weighted by Crippen LogP contribution is -2.33. The number of benzene rings is 2. The molecular weight excluding hydrogens is 390 g/mol. The van der Waals surface area contributed by atoms with Gasteiger partial charge in [0.1, 0.15) is 5.75 Å². The third-order valence-corrected chi connectivity index (χ3v) is 6.29. The number of anilines is 2. The molecule has 0 unspecified atom stereocenters. The predicted molar refractivity (Wildman–Crippen MR) is 123 cm³/mol. The predicted octanol–water partition coefficient (Wildman–Crippen LogP) is 4.35. The van der Waals surface area contributed by atoms with Crippen LogP contribution in [0.15, 0.2) is 42.5 Å². The Kier molecular flexibility index (Phi) is 6.75. The van der Waals surface area contributed by atoms with E-state index in [1.165, 1.54) is 6.42 Å². The summed E-state index contributed by atoms with van der Waals surface area (Å²) >= 11 is 0. The van der Waals surface area contributed by atoms with E-state index >= 15 is 0 Å². The molecular formula is C25H31N3O3. The minimum atomic E-state index is -0.103. The molecule has 2 amide bonds. The van der Waals surface area contributed by atoms with Gasteiger partial charge in [-0.25, -0.2) is 0 Å². The number of nitrogens with one attached hydrogen (secondary N) is 2. The normalized spacial score (nSPS) is 16.4. The van der Waals surface area contributed by atoms with Crippen LogP contribution in [-0.2, 0) is 11.3 Å². The van der Waals surface area contributed by atoms with Crippen LogP contribution in [0.25, 0.3) is 0 Å². The van der Waals surface area contributed by atoms with Gasteiger partial charge in [-0.15, -0.1) is 0 Å². The first-order valence-electron chi connectivity index (χ1n) is 11.2. The number of amides is 2. The molecule has 0 bridgehead atoms. The molecule has 2 aromatic carbocycles. The maximum Gasteiger partial charge on any atom is 0.253 e. The Morgan fingerprint density at radius 1 is 1.00 bits per heavy atom. The van der Waals surface area contributed by atoms with Crippen molar-refractivity contribution in [1.29, 1.82) is 0 Å². The second-order valence-corrected chi connectivity index (χ2v) is 8.43.